The lowest BCUT2D eigenvalue weighted by molar-refractivity contribution is -0.231. The monoisotopic (exact) mass is 252 g/mol. The van der Waals surface area contributed by atoms with Gasteiger partial charge in [0, 0.05) is 7.11 Å². The Hall–Kier alpha value is -1.39. The van der Waals surface area contributed by atoms with Gasteiger partial charge in [-0.2, -0.15) is 0 Å². The van der Waals surface area contributed by atoms with E-state index in [1.807, 2.05) is 31.2 Å². The van der Waals surface area contributed by atoms with E-state index in [1.54, 1.807) is 13.8 Å². The van der Waals surface area contributed by atoms with E-state index in [0.29, 0.717) is 0 Å². The van der Waals surface area contributed by atoms with Gasteiger partial charge in [-0.1, -0.05) is 24.3 Å². The number of ether oxygens (including phenoxy) is 3. The average molecular weight is 252 g/mol. The molecule has 0 spiro atoms. The molecule has 0 radical (unpaired) electrons. The van der Waals surface area contributed by atoms with Gasteiger partial charge in [0.25, 0.3) is 0 Å². The maximum atomic E-state index is 11.9. The van der Waals surface area contributed by atoms with Gasteiger partial charge >= 0.3 is 5.97 Å². The number of aryl methyl sites for hydroxylation is 1. The first-order valence-corrected chi connectivity index (χ1v) is 5.77. The molecule has 0 N–H and O–H groups in total. The molecular formula is C14H20O4. The molecule has 18 heavy (non-hydrogen) atoms. The van der Waals surface area contributed by atoms with Crippen molar-refractivity contribution in [2.45, 2.75) is 32.7 Å². The predicted octanol–water partition coefficient (Wildman–Crippen LogP) is 2.61. The van der Waals surface area contributed by atoms with Gasteiger partial charge in [-0.05, 0) is 31.9 Å². The smallest absolute Gasteiger partial charge is 0.339 e. The number of hydrogen-bond donors (Lipinski definition) is 0. The van der Waals surface area contributed by atoms with E-state index in [0.717, 1.165) is 11.1 Å². The van der Waals surface area contributed by atoms with Crippen LogP contribution in [-0.4, -0.2) is 26.0 Å². The van der Waals surface area contributed by atoms with Crippen molar-refractivity contribution in [1.29, 1.82) is 0 Å². The fourth-order valence-electron chi connectivity index (χ4n) is 1.56. The molecule has 4 heteroatoms. The summed E-state index contributed by atoms with van der Waals surface area (Å²) >= 11 is 0. The fourth-order valence-corrected chi connectivity index (χ4v) is 1.56. The zero-order valence-electron chi connectivity index (χ0n) is 11.5. The zero-order valence-corrected chi connectivity index (χ0v) is 11.5. The predicted molar refractivity (Wildman–Crippen MR) is 68.1 cm³/mol. The van der Waals surface area contributed by atoms with E-state index in [2.05, 4.69) is 0 Å². The first-order valence-electron chi connectivity index (χ1n) is 5.77. The number of carbonyl (C=O) groups excluding carboxylic acids is 1. The first-order chi connectivity index (χ1) is 8.41. The van der Waals surface area contributed by atoms with Crippen LogP contribution in [-0.2, 0) is 19.0 Å². The van der Waals surface area contributed by atoms with Gasteiger partial charge in [-0.15, -0.1) is 0 Å². The largest absolute Gasteiger partial charge is 0.467 e. The average Bonchev–Trinajstić information content (AvgIpc) is 2.36. The summed E-state index contributed by atoms with van der Waals surface area (Å²) in [5.74, 6) is -1.30. The van der Waals surface area contributed by atoms with Crippen LogP contribution in [0.1, 0.15) is 31.1 Å². The molecule has 0 aliphatic carbocycles. The van der Waals surface area contributed by atoms with Crippen LogP contribution in [0.3, 0.4) is 0 Å². The molecule has 1 aromatic carbocycles. The molecule has 0 saturated carbocycles. The highest BCUT2D eigenvalue weighted by molar-refractivity contribution is 5.77. The summed E-state index contributed by atoms with van der Waals surface area (Å²) in [5, 5.41) is 0. The number of benzene rings is 1. The van der Waals surface area contributed by atoms with Crippen molar-refractivity contribution in [3.8, 4) is 0 Å². The molecule has 0 aliphatic rings. The van der Waals surface area contributed by atoms with Crippen LogP contribution in [0.4, 0.5) is 0 Å². The molecule has 1 atom stereocenters. The molecule has 0 heterocycles. The Balaban J connectivity index is 3.07. The van der Waals surface area contributed by atoms with Crippen LogP contribution in [0.5, 0.6) is 0 Å². The van der Waals surface area contributed by atoms with Crippen LogP contribution in [0.15, 0.2) is 24.3 Å². The number of rotatable bonds is 5. The molecule has 0 fully saturated rings. The van der Waals surface area contributed by atoms with E-state index in [1.165, 1.54) is 14.2 Å². The summed E-state index contributed by atoms with van der Waals surface area (Å²) < 4.78 is 15.7. The Morgan fingerprint density at radius 3 is 2.33 bits per heavy atom. The SMILES string of the molecule is COC(=O)[C@@H](OC(C)(C)OC)c1ccccc1C. The van der Waals surface area contributed by atoms with Crippen molar-refractivity contribution < 1.29 is 19.0 Å². The van der Waals surface area contributed by atoms with Crippen LogP contribution in [0.25, 0.3) is 0 Å². The van der Waals surface area contributed by atoms with Gasteiger partial charge in [0.2, 0.25) is 0 Å². The summed E-state index contributed by atoms with van der Waals surface area (Å²) in [6.45, 7) is 5.43. The highest BCUT2D eigenvalue weighted by Crippen LogP contribution is 2.27. The van der Waals surface area contributed by atoms with Gasteiger partial charge in [0.1, 0.15) is 0 Å². The lowest BCUT2D eigenvalue weighted by atomic mass is 10.0. The lowest BCUT2D eigenvalue weighted by Crippen LogP contribution is -2.32. The molecule has 0 bridgehead atoms. The molecule has 0 aromatic heterocycles. The second kappa shape index (κ2) is 5.98. The maximum Gasteiger partial charge on any atom is 0.339 e. The Morgan fingerprint density at radius 2 is 1.83 bits per heavy atom. The summed E-state index contributed by atoms with van der Waals surface area (Å²) in [6.07, 6.45) is -0.786. The highest BCUT2D eigenvalue weighted by Gasteiger charge is 2.31. The molecule has 100 valence electrons. The Bertz CT molecular complexity index is 412. The minimum absolute atomic E-state index is 0.436. The molecule has 4 nitrogen and oxygen atoms in total. The van der Waals surface area contributed by atoms with Crippen molar-refractivity contribution in [2.24, 2.45) is 0 Å². The summed E-state index contributed by atoms with van der Waals surface area (Å²) in [5.41, 5.74) is 1.76. The first kappa shape index (κ1) is 14.7. The van der Waals surface area contributed by atoms with Crippen LogP contribution in [0, 0.1) is 6.92 Å². The minimum Gasteiger partial charge on any atom is -0.467 e. The number of esters is 1. The Labute approximate surface area is 108 Å². The quantitative estimate of drug-likeness (QED) is 0.597. The van der Waals surface area contributed by atoms with Crippen molar-refractivity contribution in [1.82, 2.24) is 0 Å². The van der Waals surface area contributed by atoms with E-state index in [9.17, 15) is 4.79 Å². The molecule has 1 aromatic rings. The number of carbonyl (C=O) groups is 1. The number of methoxy groups -OCH3 is 2. The minimum atomic E-state index is -0.860. The highest BCUT2D eigenvalue weighted by atomic mass is 16.7. The summed E-state index contributed by atoms with van der Waals surface area (Å²) in [6, 6.07) is 7.55. The van der Waals surface area contributed by atoms with Gasteiger partial charge in [0.05, 0.1) is 7.11 Å². The molecule has 0 amide bonds. The maximum absolute atomic E-state index is 11.9. The molecular weight excluding hydrogens is 232 g/mol. The third-order valence-corrected chi connectivity index (χ3v) is 2.78. The topological polar surface area (TPSA) is 44.8 Å². The standard InChI is InChI=1S/C14H20O4/c1-10-8-6-7-9-11(10)12(13(15)16-4)18-14(2,3)17-5/h6-9,12H,1-5H3/t12-/m0/s1. The van der Waals surface area contributed by atoms with Gasteiger partial charge in [0.15, 0.2) is 11.9 Å². The van der Waals surface area contributed by atoms with E-state index < -0.39 is 17.9 Å². The Morgan fingerprint density at radius 1 is 1.22 bits per heavy atom. The Kier molecular flexibility index (Phi) is 4.87. The zero-order chi connectivity index (χ0) is 13.8. The second-order valence-corrected chi connectivity index (χ2v) is 4.48. The fraction of sp³-hybridized carbons (Fsp3) is 0.500. The number of hydrogen-bond acceptors (Lipinski definition) is 4. The van der Waals surface area contributed by atoms with Crippen LogP contribution < -0.4 is 0 Å². The third-order valence-electron chi connectivity index (χ3n) is 2.78. The van der Waals surface area contributed by atoms with Gasteiger partial charge in [-0.3, -0.25) is 0 Å². The van der Waals surface area contributed by atoms with E-state index in [-0.39, 0.29) is 0 Å². The van der Waals surface area contributed by atoms with Crippen molar-refractivity contribution in [3.63, 3.8) is 0 Å². The van der Waals surface area contributed by atoms with Gasteiger partial charge < -0.3 is 14.2 Å². The van der Waals surface area contributed by atoms with Crippen LogP contribution >= 0.6 is 0 Å². The molecule has 1 rings (SSSR count). The molecule has 0 saturated heterocycles. The molecule has 0 aliphatic heterocycles. The van der Waals surface area contributed by atoms with Crippen LogP contribution in [0.2, 0.25) is 0 Å². The lowest BCUT2D eigenvalue weighted by Gasteiger charge is -2.29. The normalized spacial score (nSPS) is 13.2. The summed E-state index contributed by atoms with van der Waals surface area (Å²) in [7, 11) is 2.88. The third kappa shape index (κ3) is 3.55. The van der Waals surface area contributed by atoms with Crippen molar-refractivity contribution in [3.05, 3.63) is 35.4 Å². The van der Waals surface area contributed by atoms with E-state index in [4.69, 9.17) is 14.2 Å². The van der Waals surface area contributed by atoms with Crippen molar-refractivity contribution >= 4 is 5.97 Å². The van der Waals surface area contributed by atoms with Crippen molar-refractivity contribution in [2.75, 3.05) is 14.2 Å². The van der Waals surface area contributed by atoms with E-state index >= 15 is 0 Å². The molecule has 0 unspecified atom stereocenters. The summed E-state index contributed by atoms with van der Waals surface area (Å²) in [4.78, 5) is 11.9. The van der Waals surface area contributed by atoms with Gasteiger partial charge in [-0.25, -0.2) is 4.79 Å². The second-order valence-electron chi connectivity index (χ2n) is 4.48.